The second-order valence-corrected chi connectivity index (χ2v) is 9.21. The van der Waals surface area contributed by atoms with Crippen LogP contribution in [0.1, 0.15) is 32.3 Å². The molecule has 1 saturated carbocycles. The van der Waals surface area contributed by atoms with Crippen LogP contribution in [0.3, 0.4) is 0 Å². The topological polar surface area (TPSA) is 29.5 Å². The van der Waals surface area contributed by atoms with Crippen LogP contribution in [0, 0.1) is 17.3 Å². The van der Waals surface area contributed by atoms with E-state index in [1.807, 2.05) is 29.2 Å². The average molecular weight is 417 g/mol. The average Bonchev–Trinajstić information content (AvgIpc) is 2.91. The lowest BCUT2D eigenvalue weighted by Crippen LogP contribution is -2.38. The minimum Gasteiger partial charge on any atom is -0.376 e. The number of hydrogen-bond donors (Lipinski definition) is 0. The monoisotopic (exact) mass is 415 g/mol. The molecule has 2 fully saturated rings. The highest BCUT2D eigenvalue weighted by Gasteiger charge is 2.61. The smallest absolute Gasteiger partial charge is 0.227 e. The first-order valence-corrected chi connectivity index (χ1v) is 10.1. The summed E-state index contributed by atoms with van der Waals surface area (Å²) in [6.07, 6.45) is 3.95. The largest absolute Gasteiger partial charge is 0.376 e. The molecular weight excluding hydrogens is 393 g/mol. The SMILES string of the molecule is CC1(C)C(C=C(Cl)Cl)C1C(=O)N(Cc1ccc(Cl)cc1)CC1CCCO1. The molecule has 3 nitrogen and oxygen atoms in total. The molecule has 2 aliphatic rings. The van der Waals surface area contributed by atoms with Gasteiger partial charge in [0.15, 0.2) is 0 Å². The minimum absolute atomic E-state index is 0.0669. The number of carbonyl (C=O) groups excluding carboxylic acids is 1. The predicted molar refractivity (Wildman–Crippen MR) is 106 cm³/mol. The molecule has 142 valence electrons. The van der Waals surface area contributed by atoms with E-state index in [9.17, 15) is 4.79 Å². The van der Waals surface area contributed by atoms with Crippen molar-refractivity contribution in [3.63, 3.8) is 0 Å². The number of nitrogens with zero attached hydrogens (tertiary/aromatic N) is 1. The van der Waals surface area contributed by atoms with Crippen LogP contribution < -0.4 is 0 Å². The van der Waals surface area contributed by atoms with Gasteiger partial charge in [0, 0.05) is 24.7 Å². The van der Waals surface area contributed by atoms with E-state index < -0.39 is 0 Å². The Kier molecular flexibility index (Phi) is 6.23. The summed E-state index contributed by atoms with van der Waals surface area (Å²) in [5.74, 6) is 0.0946. The molecular formula is C20H24Cl3NO2. The Balaban J connectivity index is 1.77. The van der Waals surface area contributed by atoms with Gasteiger partial charge in [0.25, 0.3) is 0 Å². The molecule has 0 N–H and O–H groups in total. The maximum Gasteiger partial charge on any atom is 0.227 e. The third-order valence-corrected chi connectivity index (χ3v) is 6.03. The molecule has 0 bridgehead atoms. The summed E-state index contributed by atoms with van der Waals surface area (Å²) >= 11 is 17.7. The highest BCUT2D eigenvalue weighted by Crippen LogP contribution is 2.60. The van der Waals surface area contributed by atoms with Crippen LogP contribution in [0.25, 0.3) is 0 Å². The Morgan fingerprint density at radius 3 is 2.58 bits per heavy atom. The van der Waals surface area contributed by atoms with Crippen LogP contribution >= 0.6 is 34.8 Å². The van der Waals surface area contributed by atoms with E-state index in [0.717, 1.165) is 25.0 Å². The molecule has 3 unspecified atom stereocenters. The maximum atomic E-state index is 13.3. The van der Waals surface area contributed by atoms with Crippen molar-refractivity contribution < 1.29 is 9.53 Å². The van der Waals surface area contributed by atoms with Crippen LogP contribution in [-0.2, 0) is 16.1 Å². The number of allylic oxidation sites excluding steroid dienone is 1. The first-order valence-electron chi connectivity index (χ1n) is 8.96. The summed E-state index contributed by atoms with van der Waals surface area (Å²) in [4.78, 5) is 15.2. The molecule has 1 aromatic rings. The van der Waals surface area contributed by atoms with Crippen molar-refractivity contribution in [2.45, 2.75) is 39.3 Å². The Hall–Kier alpha value is -0.740. The zero-order valence-electron chi connectivity index (χ0n) is 15.1. The lowest BCUT2D eigenvalue weighted by Gasteiger charge is -2.26. The molecule has 6 heteroatoms. The van der Waals surface area contributed by atoms with E-state index in [0.29, 0.717) is 18.1 Å². The Morgan fingerprint density at radius 2 is 2.00 bits per heavy atom. The summed E-state index contributed by atoms with van der Waals surface area (Å²) in [5, 5.41) is 0.691. The maximum absolute atomic E-state index is 13.3. The van der Waals surface area contributed by atoms with Gasteiger partial charge in [-0.05, 0) is 47.9 Å². The van der Waals surface area contributed by atoms with Crippen LogP contribution in [0.2, 0.25) is 5.02 Å². The normalized spacial score (nSPS) is 26.4. The van der Waals surface area contributed by atoms with Gasteiger partial charge in [0.2, 0.25) is 5.91 Å². The van der Waals surface area contributed by atoms with Crippen molar-refractivity contribution in [2.75, 3.05) is 13.2 Å². The van der Waals surface area contributed by atoms with Crippen molar-refractivity contribution in [3.8, 4) is 0 Å². The van der Waals surface area contributed by atoms with Crippen LogP contribution in [0.5, 0.6) is 0 Å². The molecule has 1 aliphatic carbocycles. The first-order chi connectivity index (χ1) is 12.3. The third-order valence-electron chi connectivity index (χ3n) is 5.53. The van der Waals surface area contributed by atoms with Gasteiger partial charge >= 0.3 is 0 Å². The van der Waals surface area contributed by atoms with Gasteiger partial charge < -0.3 is 9.64 Å². The molecule has 0 radical (unpaired) electrons. The van der Waals surface area contributed by atoms with E-state index in [2.05, 4.69) is 13.8 Å². The molecule has 1 aliphatic heterocycles. The quantitative estimate of drug-likeness (QED) is 0.618. The van der Waals surface area contributed by atoms with Crippen molar-refractivity contribution in [1.29, 1.82) is 0 Å². The van der Waals surface area contributed by atoms with Gasteiger partial charge in [-0.1, -0.05) is 60.8 Å². The number of hydrogen-bond acceptors (Lipinski definition) is 2. The summed E-state index contributed by atoms with van der Waals surface area (Å²) in [6.45, 7) is 6.10. The van der Waals surface area contributed by atoms with Gasteiger partial charge in [-0.3, -0.25) is 4.79 Å². The fourth-order valence-corrected chi connectivity index (χ4v) is 4.27. The van der Waals surface area contributed by atoms with Crippen molar-refractivity contribution in [1.82, 2.24) is 4.90 Å². The predicted octanol–water partition coefficient (Wildman–Crippen LogP) is 5.44. The zero-order valence-corrected chi connectivity index (χ0v) is 17.3. The highest BCUT2D eigenvalue weighted by atomic mass is 35.5. The molecule has 1 amide bonds. The standard InChI is InChI=1S/C20H24Cl3NO2/c1-20(2)16(10-17(22)23)18(20)19(25)24(12-15-4-3-9-26-15)11-13-5-7-14(21)8-6-13/h5-8,10,15-16,18H,3-4,9,11-12H2,1-2H3. The van der Waals surface area contributed by atoms with Gasteiger partial charge in [0.1, 0.15) is 4.49 Å². The Morgan fingerprint density at radius 1 is 1.31 bits per heavy atom. The van der Waals surface area contributed by atoms with E-state index in [-0.39, 0.29) is 33.8 Å². The molecule has 26 heavy (non-hydrogen) atoms. The second kappa shape index (κ2) is 8.10. The van der Waals surface area contributed by atoms with E-state index >= 15 is 0 Å². The van der Waals surface area contributed by atoms with Crippen molar-refractivity contribution >= 4 is 40.7 Å². The lowest BCUT2D eigenvalue weighted by atomic mass is 10.1. The van der Waals surface area contributed by atoms with Crippen LogP contribution in [0.15, 0.2) is 34.8 Å². The molecule has 0 spiro atoms. The van der Waals surface area contributed by atoms with Crippen LogP contribution in [0.4, 0.5) is 0 Å². The number of rotatable bonds is 6. The molecule has 1 saturated heterocycles. The van der Waals surface area contributed by atoms with Gasteiger partial charge in [-0.2, -0.15) is 0 Å². The zero-order chi connectivity index (χ0) is 18.9. The fraction of sp³-hybridized carbons (Fsp3) is 0.550. The molecule has 3 rings (SSSR count). The molecule has 0 aromatic heterocycles. The highest BCUT2D eigenvalue weighted by molar-refractivity contribution is 6.55. The van der Waals surface area contributed by atoms with Gasteiger partial charge in [-0.15, -0.1) is 0 Å². The van der Waals surface area contributed by atoms with Crippen molar-refractivity contribution in [2.24, 2.45) is 17.3 Å². The number of halogens is 3. The van der Waals surface area contributed by atoms with Gasteiger partial charge in [0.05, 0.1) is 12.0 Å². The van der Waals surface area contributed by atoms with E-state index in [1.165, 1.54) is 0 Å². The number of ether oxygens (including phenoxy) is 1. The Bertz CT molecular complexity index is 677. The lowest BCUT2D eigenvalue weighted by molar-refractivity contribution is -0.135. The fourth-order valence-electron chi connectivity index (χ4n) is 3.87. The summed E-state index contributed by atoms with van der Waals surface area (Å²) in [5.41, 5.74) is 0.919. The number of amides is 1. The Labute approximate surface area is 170 Å². The summed E-state index contributed by atoms with van der Waals surface area (Å²) in [6, 6.07) is 7.63. The number of carbonyl (C=O) groups is 1. The third kappa shape index (κ3) is 4.56. The molecule has 1 heterocycles. The second-order valence-electron chi connectivity index (χ2n) is 7.76. The van der Waals surface area contributed by atoms with E-state index in [1.54, 1.807) is 6.08 Å². The van der Waals surface area contributed by atoms with Gasteiger partial charge in [-0.25, -0.2) is 0 Å². The number of benzene rings is 1. The first kappa shape index (κ1) is 20.0. The minimum atomic E-state index is -0.138. The van der Waals surface area contributed by atoms with Crippen molar-refractivity contribution in [3.05, 3.63) is 45.4 Å². The molecule has 3 atom stereocenters. The summed E-state index contributed by atoms with van der Waals surface area (Å²) in [7, 11) is 0. The van der Waals surface area contributed by atoms with Crippen LogP contribution in [-0.4, -0.2) is 30.1 Å². The summed E-state index contributed by atoms with van der Waals surface area (Å²) < 4.78 is 5.99. The van der Waals surface area contributed by atoms with E-state index in [4.69, 9.17) is 39.5 Å². The molecule has 1 aromatic carbocycles.